The Labute approximate surface area is 142 Å². The summed E-state index contributed by atoms with van der Waals surface area (Å²) in [6.45, 7) is 0. The molecule has 0 fully saturated rings. The van der Waals surface area contributed by atoms with Gasteiger partial charge in [-0.2, -0.15) is 10.5 Å². The van der Waals surface area contributed by atoms with Gasteiger partial charge in [-0.3, -0.25) is 0 Å². The van der Waals surface area contributed by atoms with E-state index in [0.29, 0.717) is 0 Å². The van der Waals surface area contributed by atoms with Gasteiger partial charge in [0.25, 0.3) is 0 Å². The summed E-state index contributed by atoms with van der Waals surface area (Å²) in [5.41, 5.74) is -1.41. The van der Waals surface area contributed by atoms with E-state index < -0.39 is 0 Å². The van der Waals surface area contributed by atoms with Crippen molar-refractivity contribution in [3.8, 4) is 12.1 Å². The molecule has 1 aromatic rings. The molecule has 110 valence electrons. The van der Waals surface area contributed by atoms with E-state index in [0.717, 1.165) is 0 Å². The number of nitrogens with zero attached hydrogens (tertiary/aromatic N) is 10. The molecule has 1 rings (SSSR count). The fourth-order valence-corrected chi connectivity index (χ4v) is 1.75. The average Bonchev–Trinajstić information content (AvgIpc) is 2.52. The van der Waals surface area contributed by atoms with Crippen LogP contribution in [0.25, 0.3) is 0 Å². The molecule has 0 bridgehead atoms. The number of nitriles is 2. The van der Waals surface area contributed by atoms with Crippen molar-refractivity contribution in [1.82, 2.24) is 0 Å². The average molecular weight is 378 g/mol. The van der Waals surface area contributed by atoms with Gasteiger partial charge < -0.3 is 0 Å². The van der Waals surface area contributed by atoms with E-state index in [1.807, 2.05) is 0 Å². The number of benzene rings is 1. The van der Waals surface area contributed by atoms with Crippen molar-refractivity contribution < 1.29 is 0 Å². The summed E-state index contributed by atoms with van der Waals surface area (Å²) in [7, 11) is 0. The van der Waals surface area contributed by atoms with Gasteiger partial charge in [-0.05, 0) is 0 Å². The van der Waals surface area contributed by atoms with Gasteiger partial charge in [-0.25, -0.2) is 0 Å². The van der Waals surface area contributed by atoms with Crippen LogP contribution in [0.15, 0.2) is 39.0 Å². The third kappa shape index (κ3) is 3.50. The van der Waals surface area contributed by atoms with Crippen molar-refractivity contribution in [3.63, 3.8) is 0 Å². The molecule has 0 saturated heterocycles. The van der Waals surface area contributed by atoms with Crippen LogP contribution in [0.3, 0.4) is 0 Å². The minimum atomic E-state index is -0.265. The van der Waals surface area contributed by atoms with Gasteiger partial charge in [-0.15, -0.1) is 20.5 Å². The predicted octanol–water partition coefficient (Wildman–Crippen LogP) is 6.38. The second kappa shape index (κ2) is 8.92. The van der Waals surface area contributed by atoms with E-state index in [1.54, 1.807) is 12.1 Å². The summed E-state index contributed by atoms with van der Waals surface area (Å²) in [5.74, 6) is 0. The van der Waals surface area contributed by atoms with Crippen LogP contribution in [-0.2, 0) is 0 Å². The van der Waals surface area contributed by atoms with Crippen LogP contribution in [0, 0.1) is 22.7 Å². The molecule has 10 nitrogen and oxygen atoms in total. The highest BCUT2D eigenvalue weighted by molar-refractivity contribution is 6.15. The molecule has 0 aliphatic carbocycles. The van der Waals surface area contributed by atoms with E-state index in [1.165, 1.54) is 0 Å². The van der Waals surface area contributed by atoms with E-state index in [4.69, 9.17) is 47.1 Å². The molecule has 0 spiro atoms. The molecule has 14 heteroatoms. The molecule has 0 N–H and O–H groups in total. The van der Waals surface area contributed by atoms with Gasteiger partial charge in [0.1, 0.15) is 46.0 Å². The van der Waals surface area contributed by atoms with Gasteiger partial charge in [0.05, 0.1) is 47.1 Å². The fraction of sp³-hybridized carbons (Fsp3) is 0. The maximum atomic E-state index is 9.23. The van der Waals surface area contributed by atoms with E-state index in [2.05, 4.69) is 39.0 Å². The summed E-state index contributed by atoms with van der Waals surface area (Å²) >= 11 is 20.8. The topological polar surface area (TPSA) is 146 Å². The maximum absolute atomic E-state index is 9.23. The second-order valence-corrected chi connectivity index (χ2v) is 3.68. The van der Waals surface area contributed by atoms with Crippen LogP contribution in [0.1, 0.15) is 11.1 Å². The zero-order valence-corrected chi connectivity index (χ0v) is 13.0. The minimum absolute atomic E-state index is 0.210. The molecular weight excluding hydrogens is 378 g/mol. The molecule has 0 heterocycles. The Morgan fingerprint density at radius 2 is 0.818 bits per heavy atom. The number of halogens is 4. The molecule has 0 saturated carbocycles. The first-order chi connectivity index (χ1) is 10.7. The summed E-state index contributed by atoms with van der Waals surface area (Å²) in [4.78, 5) is 0. The van der Waals surface area contributed by atoms with Crippen molar-refractivity contribution in [2.24, 2.45) is 39.0 Å². The van der Waals surface area contributed by atoms with E-state index >= 15 is 0 Å². The van der Waals surface area contributed by atoms with Crippen molar-refractivity contribution in [1.29, 1.82) is 10.5 Å². The Morgan fingerprint density at radius 3 is 1.05 bits per heavy atom. The third-order valence-corrected chi connectivity index (χ3v) is 2.47. The van der Waals surface area contributed by atoms with Crippen LogP contribution < -0.4 is 0 Å². The normalized spacial score (nSPS) is 11.7. The third-order valence-electron chi connectivity index (χ3n) is 2.17. The Kier molecular flexibility index (Phi) is 7.22. The Balaban J connectivity index is 4.16. The van der Waals surface area contributed by atoms with Crippen molar-refractivity contribution in [2.45, 2.75) is 0 Å². The zero-order chi connectivity index (χ0) is 16.5. The van der Waals surface area contributed by atoms with Gasteiger partial charge in [0.15, 0.2) is 0 Å². The van der Waals surface area contributed by atoms with E-state index in [9.17, 15) is 10.5 Å². The molecule has 22 heavy (non-hydrogen) atoms. The van der Waals surface area contributed by atoms with Crippen LogP contribution in [0.4, 0.5) is 22.7 Å². The summed E-state index contributed by atoms with van der Waals surface area (Å²) in [6.07, 6.45) is 0. The highest BCUT2D eigenvalue weighted by Gasteiger charge is 2.25. The fourth-order valence-electron chi connectivity index (χ4n) is 1.45. The predicted molar refractivity (Wildman–Crippen MR) is 77.3 cm³/mol. The Bertz CT molecular complexity index is 704. The lowest BCUT2D eigenvalue weighted by Crippen LogP contribution is -1.88. The van der Waals surface area contributed by atoms with Crippen LogP contribution in [-0.4, -0.2) is 0 Å². The van der Waals surface area contributed by atoms with Crippen LogP contribution in [0.5, 0.6) is 0 Å². The molecule has 0 unspecified atom stereocenters. The molecule has 0 atom stereocenters. The number of hydrogen-bond donors (Lipinski definition) is 0. The second-order valence-electron chi connectivity index (χ2n) is 3.07. The molecule has 1 aromatic carbocycles. The summed E-state index contributed by atoms with van der Waals surface area (Å²) in [6, 6.07) is 3.47. The Hall–Kier alpha value is -2.24. The Morgan fingerprint density at radius 1 is 0.545 bits per heavy atom. The largest absolute Gasteiger partial charge is 0.192 e. The quantitative estimate of drug-likeness (QED) is 0.559. The summed E-state index contributed by atoms with van der Waals surface area (Å²) < 4.78 is 12.1. The van der Waals surface area contributed by atoms with Crippen LogP contribution >= 0.6 is 47.1 Å². The molecule has 0 aliphatic heterocycles. The monoisotopic (exact) mass is 376 g/mol. The zero-order valence-electron chi connectivity index (χ0n) is 9.98. The van der Waals surface area contributed by atoms with E-state index in [-0.39, 0.29) is 33.9 Å². The first-order valence-electron chi connectivity index (χ1n) is 4.82. The first-order valence-corrected chi connectivity index (χ1v) is 6.17. The highest BCUT2D eigenvalue weighted by Crippen LogP contribution is 2.50. The van der Waals surface area contributed by atoms with Crippen molar-refractivity contribution in [3.05, 3.63) is 11.1 Å². The SMILES string of the molecule is N#Cc1c(C#N)c(N=NCl)c(N=NCl)c(N=NCl)c1N=NCl. The lowest BCUT2D eigenvalue weighted by molar-refractivity contribution is 1.19. The first kappa shape index (κ1) is 17.8. The standard InChI is InChI=1S/C8Cl4N10/c9-19-15-5-3(1-13)4(2-14)6(16-20-10)8(18-22-12)7(5)17-21-11. The van der Waals surface area contributed by atoms with Gasteiger partial charge in [0.2, 0.25) is 0 Å². The lowest BCUT2D eigenvalue weighted by Gasteiger charge is -2.08. The van der Waals surface area contributed by atoms with Gasteiger partial charge in [-0.1, -0.05) is 18.5 Å². The molecule has 0 radical (unpaired) electrons. The molecular formula is C8Cl4N10. The molecule has 0 aromatic heterocycles. The van der Waals surface area contributed by atoms with Crippen molar-refractivity contribution in [2.75, 3.05) is 0 Å². The van der Waals surface area contributed by atoms with Crippen molar-refractivity contribution >= 4 is 69.9 Å². The van der Waals surface area contributed by atoms with Crippen LogP contribution in [0.2, 0.25) is 0 Å². The number of rotatable bonds is 4. The maximum Gasteiger partial charge on any atom is 0.146 e. The number of hydrogen-bond acceptors (Lipinski definition) is 10. The smallest absolute Gasteiger partial charge is 0.146 e. The highest BCUT2D eigenvalue weighted by atomic mass is 35.5. The molecule has 0 aliphatic rings. The van der Waals surface area contributed by atoms with Gasteiger partial charge >= 0.3 is 0 Å². The minimum Gasteiger partial charge on any atom is -0.192 e. The summed E-state index contributed by atoms with van der Waals surface area (Å²) in [5, 5.41) is 32.5. The molecule has 0 amide bonds. The lowest BCUT2D eigenvalue weighted by atomic mass is 10.0. The van der Waals surface area contributed by atoms with Gasteiger partial charge in [0, 0.05) is 0 Å².